The van der Waals surface area contributed by atoms with Crippen LogP contribution in [0.2, 0.25) is 0 Å². The monoisotopic (exact) mass is 333 g/mol. The number of aromatic nitrogens is 2. The second kappa shape index (κ2) is 7.57. The maximum Gasteiger partial charge on any atom is 0.257 e. The van der Waals surface area contributed by atoms with Crippen molar-refractivity contribution in [2.75, 3.05) is 13.1 Å². The Bertz CT molecular complexity index is 695. The number of aliphatic hydroxyl groups is 1. The second-order valence-corrected chi connectivity index (χ2v) is 6.44. The van der Waals surface area contributed by atoms with E-state index in [4.69, 9.17) is 0 Å². The molecular formula is C18H24FN3O2. The number of carbonyl (C=O) groups is 1. The fraction of sp³-hybridized carbons (Fsp3) is 0.444. The van der Waals surface area contributed by atoms with E-state index in [-0.39, 0.29) is 24.2 Å². The summed E-state index contributed by atoms with van der Waals surface area (Å²) < 4.78 is 14.7. The Labute approximate surface area is 141 Å². The van der Waals surface area contributed by atoms with E-state index >= 15 is 0 Å². The molecule has 130 valence electrons. The van der Waals surface area contributed by atoms with Crippen molar-refractivity contribution in [2.45, 2.75) is 26.9 Å². The van der Waals surface area contributed by atoms with Crippen molar-refractivity contribution in [3.05, 3.63) is 53.1 Å². The minimum Gasteiger partial charge on any atom is -0.387 e. The summed E-state index contributed by atoms with van der Waals surface area (Å²) in [5.41, 5.74) is 1.90. The molecule has 5 nitrogen and oxygen atoms in total. The summed E-state index contributed by atoms with van der Waals surface area (Å²) in [7, 11) is 1.78. The van der Waals surface area contributed by atoms with E-state index < -0.39 is 6.10 Å². The molecule has 0 fully saturated rings. The van der Waals surface area contributed by atoms with E-state index in [1.807, 2.05) is 20.8 Å². The van der Waals surface area contributed by atoms with Gasteiger partial charge in [0.1, 0.15) is 5.82 Å². The Balaban J connectivity index is 2.20. The van der Waals surface area contributed by atoms with Crippen molar-refractivity contribution in [1.29, 1.82) is 0 Å². The Kier molecular flexibility index (Phi) is 5.72. The van der Waals surface area contributed by atoms with Gasteiger partial charge in [-0.3, -0.25) is 9.48 Å². The molecule has 0 aliphatic carbocycles. The molecule has 0 radical (unpaired) electrons. The number of nitrogens with zero attached hydrogens (tertiary/aromatic N) is 3. The maximum absolute atomic E-state index is 13.0. The van der Waals surface area contributed by atoms with Crippen molar-refractivity contribution in [1.82, 2.24) is 14.7 Å². The highest BCUT2D eigenvalue weighted by atomic mass is 19.1. The van der Waals surface area contributed by atoms with E-state index in [0.717, 1.165) is 5.69 Å². The van der Waals surface area contributed by atoms with Gasteiger partial charge in [-0.1, -0.05) is 26.0 Å². The van der Waals surface area contributed by atoms with Crippen LogP contribution in [0, 0.1) is 18.7 Å². The van der Waals surface area contributed by atoms with Gasteiger partial charge in [-0.05, 0) is 30.5 Å². The van der Waals surface area contributed by atoms with Gasteiger partial charge in [-0.2, -0.15) is 5.10 Å². The number of benzene rings is 1. The predicted molar refractivity (Wildman–Crippen MR) is 90.0 cm³/mol. The zero-order valence-electron chi connectivity index (χ0n) is 14.5. The van der Waals surface area contributed by atoms with Crippen molar-refractivity contribution in [3.8, 4) is 0 Å². The standard InChI is InChI=1S/C18H24FN3O2/c1-12(2)10-22(18(24)16-9-20-21(4)13(16)3)11-17(23)14-5-7-15(19)8-6-14/h5-9,12,17,23H,10-11H2,1-4H3. The van der Waals surface area contributed by atoms with Gasteiger partial charge in [-0.25, -0.2) is 4.39 Å². The van der Waals surface area contributed by atoms with Crippen LogP contribution in [0.1, 0.15) is 41.6 Å². The fourth-order valence-electron chi connectivity index (χ4n) is 2.56. The average Bonchev–Trinajstić information content (AvgIpc) is 2.85. The lowest BCUT2D eigenvalue weighted by Crippen LogP contribution is -2.37. The number of rotatable bonds is 6. The molecule has 1 N–H and O–H groups in total. The molecule has 0 aliphatic heterocycles. The lowest BCUT2D eigenvalue weighted by molar-refractivity contribution is 0.0593. The second-order valence-electron chi connectivity index (χ2n) is 6.44. The van der Waals surface area contributed by atoms with Crippen LogP contribution in [-0.2, 0) is 7.05 Å². The fourth-order valence-corrected chi connectivity index (χ4v) is 2.56. The van der Waals surface area contributed by atoms with Crippen LogP contribution in [0.4, 0.5) is 4.39 Å². The van der Waals surface area contributed by atoms with Crippen LogP contribution >= 0.6 is 0 Å². The molecule has 0 bridgehead atoms. The minimum absolute atomic E-state index is 0.150. The van der Waals surface area contributed by atoms with Gasteiger partial charge in [0.15, 0.2) is 0 Å². The Morgan fingerprint density at radius 3 is 2.42 bits per heavy atom. The summed E-state index contributed by atoms with van der Waals surface area (Å²) in [5, 5.41) is 14.5. The topological polar surface area (TPSA) is 58.4 Å². The molecule has 1 unspecified atom stereocenters. The minimum atomic E-state index is -0.870. The Morgan fingerprint density at radius 1 is 1.29 bits per heavy atom. The summed E-state index contributed by atoms with van der Waals surface area (Å²) in [5.74, 6) is -0.256. The summed E-state index contributed by atoms with van der Waals surface area (Å²) >= 11 is 0. The molecule has 1 atom stereocenters. The number of halogens is 1. The number of carbonyl (C=O) groups excluding carboxylic acids is 1. The molecule has 1 aromatic heterocycles. The zero-order chi connectivity index (χ0) is 17.9. The maximum atomic E-state index is 13.0. The van der Waals surface area contributed by atoms with Crippen LogP contribution < -0.4 is 0 Å². The van der Waals surface area contributed by atoms with Gasteiger partial charge in [0.2, 0.25) is 0 Å². The SMILES string of the molecule is Cc1c(C(=O)N(CC(C)C)CC(O)c2ccc(F)cc2)cnn1C. The highest BCUT2D eigenvalue weighted by molar-refractivity contribution is 5.95. The third-order valence-corrected chi connectivity index (χ3v) is 3.99. The van der Waals surface area contributed by atoms with Gasteiger partial charge in [-0.15, -0.1) is 0 Å². The van der Waals surface area contributed by atoms with E-state index in [2.05, 4.69) is 5.10 Å². The van der Waals surface area contributed by atoms with Crippen LogP contribution in [0.5, 0.6) is 0 Å². The normalized spacial score (nSPS) is 12.5. The van der Waals surface area contributed by atoms with Crippen LogP contribution in [0.15, 0.2) is 30.5 Å². The van der Waals surface area contributed by atoms with Crippen molar-refractivity contribution < 1.29 is 14.3 Å². The third kappa shape index (κ3) is 4.20. The first-order valence-corrected chi connectivity index (χ1v) is 8.01. The lowest BCUT2D eigenvalue weighted by Gasteiger charge is -2.27. The highest BCUT2D eigenvalue weighted by Crippen LogP contribution is 2.18. The molecule has 0 aliphatic rings. The average molecular weight is 333 g/mol. The Morgan fingerprint density at radius 2 is 1.92 bits per heavy atom. The number of hydrogen-bond donors (Lipinski definition) is 1. The molecule has 2 rings (SSSR count). The van der Waals surface area contributed by atoms with Crippen LogP contribution in [0.25, 0.3) is 0 Å². The first-order chi connectivity index (χ1) is 11.3. The molecule has 2 aromatic rings. The molecule has 0 saturated carbocycles. The summed E-state index contributed by atoms with van der Waals surface area (Å²) in [6.07, 6.45) is 0.681. The van der Waals surface area contributed by atoms with Crippen molar-refractivity contribution >= 4 is 5.91 Å². The zero-order valence-corrected chi connectivity index (χ0v) is 14.5. The van der Waals surface area contributed by atoms with Gasteiger partial charge >= 0.3 is 0 Å². The van der Waals surface area contributed by atoms with Crippen molar-refractivity contribution in [3.63, 3.8) is 0 Å². The quantitative estimate of drug-likeness (QED) is 0.884. The Hall–Kier alpha value is -2.21. The van der Waals surface area contributed by atoms with E-state index in [1.165, 1.54) is 24.3 Å². The lowest BCUT2D eigenvalue weighted by atomic mass is 10.1. The highest BCUT2D eigenvalue weighted by Gasteiger charge is 2.23. The van der Waals surface area contributed by atoms with Gasteiger partial charge < -0.3 is 10.0 Å². The summed E-state index contributed by atoms with van der Waals surface area (Å²) in [4.78, 5) is 14.5. The molecule has 24 heavy (non-hydrogen) atoms. The summed E-state index contributed by atoms with van der Waals surface area (Å²) in [6.45, 7) is 6.54. The number of aryl methyl sites for hydroxylation is 1. The number of hydrogen-bond acceptors (Lipinski definition) is 3. The van der Waals surface area contributed by atoms with Crippen molar-refractivity contribution in [2.24, 2.45) is 13.0 Å². The molecular weight excluding hydrogens is 309 g/mol. The van der Waals surface area contributed by atoms with Crippen LogP contribution in [0.3, 0.4) is 0 Å². The first-order valence-electron chi connectivity index (χ1n) is 8.01. The predicted octanol–water partition coefficient (Wildman–Crippen LogP) is 2.70. The molecule has 1 aromatic carbocycles. The van der Waals surface area contributed by atoms with E-state index in [9.17, 15) is 14.3 Å². The third-order valence-electron chi connectivity index (χ3n) is 3.99. The molecule has 6 heteroatoms. The molecule has 1 heterocycles. The van der Waals surface area contributed by atoms with E-state index in [1.54, 1.807) is 22.8 Å². The molecule has 0 saturated heterocycles. The van der Waals surface area contributed by atoms with E-state index in [0.29, 0.717) is 17.7 Å². The molecule has 1 amide bonds. The number of aliphatic hydroxyl groups excluding tert-OH is 1. The van der Waals surface area contributed by atoms with Crippen LogP contribution in [-0.4, -0.2) is 38.8 Å². The first kappa shape index (κ1) is 18.1. The molecule has 0 spiro atoms. The van der Waals surface area contributed by atoms with Gasteiger partial charge in [0, 0.05) is 19.3 Å². The van der Waals surface area contributed by atoms with Gasteiger partial charge in [0.05, 0.1) is 24.4 Å². The summed E-state index contributed by atoms with van der Waals surface area (Å²) in [6, 6.07) is 5.68. The smallest absolute Gasteiger partial charge is 0.257 e. The van der Waals surface area contributed by atoms with Gasteiger partial charge in [0.25, 0.3) is 5.91 Å². The largest absolute Gasteiger partial charge is 0.387 e. The number of amides is 1.